The van der Waals surface area contributed by atoms with E-state index in [1.165, 1.54) is 30.6 Å². The summed E-state index contributed by atoms with van der Waals surface area (Å²) in [5.74, 6) is 0. The second kappa shape index (κ2) is 5.38. The standard InChI is InChI=1S/C12H8BrN3O2S/c13-10-8-15-6-5-11(10)16-19(17,18)12-4-2-1-3-9(12)7-14/h1-6,8H,(H,15,16). The molecule has 0 atom stereocenters. The van der Waals surface area contributed by atoms with Crippen LogP contribution in [0.25, 0.3) is 0 Å². The molecule has 0 spiro atoms. The predicted molar refractivity (Wildman–Crippen MR) is 73.9 cm³/mol. The van der Waals surface area contributed by atoms with E-state index in [1.807, 2.05) is 6.07 Å². The second-order valence-corrected chi connectivity index (χ2v) is 6.07. The number of halogens is 1. The van der Waals surface area contributed by atoms with E-state index in [0.29, 0.717) is 10.2 Å². The van der Waals surface area contributed by atoms with Crippen LogP contribution < -0.4 is 4.72 Å². The van der Waals surface area contributed by atoms with Crippen LogP contribution in [0.4, 0.5) is 5.69 Å². The third-order valence-corrected chi connectivity index (χ3v) is 4.37. The fourth-order valence-corrected chi connectivity index (χ4v) is 3.17. The van der Waals surface area contributed by atoms with Crippen molar-refractivity contribution in [3.05, 3.63) is 52.8 Å². The van der Waals surface area contributed by atoms with E-state index in [9.17, 15) is 8.42 Å². The first-order valence-electron chi connectivity index (χ1n) is 5.16. The Morgan fingerprint density at radius 2 is 2.00 bits per heavy atom. The van der Waals surface area contributed by atoms with Crippen LogP contribution >= 0.6 is 15.9 Å². The average Bonchev–Trinajstić information content (AvgIpc) is 2.41. The Labute approximate surface area is 119 Å². The van der Waals surface area contributed by atoms with Crippen LogP contribution in [0, 0.1) is 11.3 Å². The summed E-state index contributed by atoms with van der Waals surface area (Å²) in [5.41, 5.74) is 0.461. The smallest absolute Gasteiger partial charge is 0.263 e. The molecule has 1 aromatic carbocycles. The van der Waals surface area contributed by atoms with E-state index in [0.717, 1.165) is 0 Å². The molecule has 0 saturated heterocycles. The Hall–Kier alpha value is -1.91. The maximum atomic E-state index is 12.2. The SMILES string of the molecule is N#Cc1ccccc1S(=O)(=O)Nc1ccncc1Br. The van der Waals surface area contributed by atoms with Gasteiger partial charge in [0.05, 0.1) is 15.7 Å². The molecule has 1 aromatic heterocycles. The molecule has 0 fully saturated rings. The van der Waals surface area contributed by atoms with Crippen LogP contribution in [0.1, 0.15) is 5.56 Å². The molecule has 19 heavy (non-hydrogen) atoms. The number of hydrogen-bond donors (Lipinski definition) is 1. The van der Waals surface area contributed by atoms with Gasteiger partial charge >= 0.3 is 0 Å². The molecule has 96 valence electrons. The Bertz CT molecular complexity index is 754. The van der Waals surface area contributed by atoms with Crippen molar-refractivity contribution in [2.24, 2.45) is 0 Å². The first-order valence-corrected chi connectivity index (χ1v) is 7.43. The topological polar surface area (TPSA) is 82.8 Å². The first-order chi connectivity index (χ1) is 9.04. The van der Waals surface area contributed by atoms with Gasteiger partial charge in [0.25, 0.3) is 10.0 Å². The van der Waals surface area contributed by atoms with Gasteiger partial charge in [-0.15, -0.1) is 0 Å². The number of sulfonamides is 1. The van der Waals surface area contributed by atoms with Crippen LogP contribution in [-0.4, -0.2) is 13.4 Å². The molecular weight excluding hydrogens is 330 g/mol. The fourth-order valence-electron chi connectivity index (χ4n) is 1.45. The zero-order chi connectivity index (χ0) is 13.9. The monoisotopic (exact) mass is 337 g/mol. The highest BCUT2D eigenvalue weighted by atomic mass is 79.9. The van der Waals surface area contributed by atoms with Gasteiger partial charge in [0.15, 0.2) is 0 Å². The number of pyridine rings is 1. The van der Waals surface area contributed by atoms with Gasteiger partial charge < -0.3 is 0 Å². The molecule has 0 aliphatic rings. The van der Waals surface area contributed by atoms with Crippen LogP contribution in [0.3, 0.4) is 0 Å². The summed E-state index contributed by atoms with van der Waals surface area (Å²) >= 11 is 3.20. The summed E-state index contributed by atoms with van der Waals surface area (Å²) in [6.45, 7) is 0. The molecule has 0 aliphatic carbocycles. The highest BCUT2D eigenvalue weighted by Crippen LogP contribution is 2.24. The van der Waals surface area contributed by atoms with Crippen molar-refractivity contribution >= 4 is 31.6 Å². The molecule has 5 nitrogen and oxygen atoms in total. The summed E-state index contributed by atoms with van der Waals surface area (Å²) in [4.78, 5) is 3.79. The fraction of sp³-hybridized carbons (Fsp3) is 0. The van der Waals surface area contributed by atoms with Crippen LogP contribution in [-0.2, 0) is 10.0 Å². The summed E-state index contributed by atoms with van der Waals surface area (Å²) in [6, 6.07) is 9.40. The van der Waals surface area contributed by atoms with Crippen molar-refractivity contribution in [3.63, 3.8) is 0 Å². The Morgan fingerprint density at radius 3 is 2.68 bits per heavy atom. The van der Waals surface area contributed by atoms with Crippen molar-refractivity contribution in [3.8, 4) is 6.07 Å². The lowest BCUT2D eigenvalue weighted by Gasteiger charge is -2.10. The lowest BCUT2D eigenvalue weighted by molar-refractivity contribution is 0.601. The van der Waals surface area contributed by atoms with E-state index in [2.05, 4.69) is 25.6 Å². The van der Waals surface area contributed by atoms with Gasteiger partial charge in [-0.1, -0.05) is 12.1 Å². The van der Waals surface area contributed by atoms with Gasteiger partial charge in [-0.2, -0.15) is 5.26 Å². The van der Waals surface area contributed by atoms with Crippen LogP contribution in [0.2, 0.25) is 0 Å². The average molecular weight is 338 g/mol. The third-order valence-electron chi connectivity index (χ3n) is 2.31. The predicted octanol–water partition coefficient (Wildman–Crippen LogP) is 2.52. The molecule has 0 bridgehead atoms. The first kappa shape index (κ1) is 13.5. The van der Waals surface area contributed by atoms with Crippen molar-refractivity contribution < 1.29 is 8.42 Å². The van der Waals surface area contributed by atoms with Crippen LogP contribution in [0.5, 0.6) is 0 Å². The molecule has 0 saturated carbocycles. The minimum Gasteiger partial charge on any atom is -0.278 e. The molecule has 0 aliphatic heterocycles. The lowest BCUT2D eigenvalue weighted by Crippen LogP contribution is -2.14. The number of nitriles is 1. The molecule has 2 aromatic rings. The normalized spacial score (nSPS) is 10.7. The number of hydrogen-bond acceptors (Lipinski definition) is 4. The highest BCUT2D eigenvalue weighted by molar-refractivity contribution is 9.10. The van der Waals surface area contributed by atoms with Crippen molar-refractivity contribution in [2.75, 3.05) is 4.72 Å². The Balaban J connectivity index is 2.45. The summed E-state index contributed by atoms with van der Waals surface area (Å²) < 4.78 is 27.4. The number of nitrogens with one attached hydrogen (secondary N) is 1. The minimum atomic E-state index is -3.81. The van der Waals surface area contributed by atoms with E-state index >= 15 is 0 Å². The molecule has 0 radical (unpaired) electrons. The zero-order valence-electron chi connectivity index (χ0n) is 9.54. The molecule has 1 heterocycles. The molecule has 0 amide bonds. The number of benzene rings is 1. The summed E-state index contributed by atoms with van der Waals surface area (Å²) in [5, 5.41) is 8.94. The van der Waals surface area contributed by atoms with Crippen LogP contribution in [0.15, 0.2) is 52.1 Å². The second-order valence-electron chi connectivity index (χ2n) is 3.57. The van der Waals surface area contributed by atoms with Gasteiger partial charge in [-0.25, -0.2) is 8.42 Å². The molecular formula is C12H8BrN3O2S. The van der Waals surface area contributed by atoms with Gasteiger partial charge in [-0.3, -0.25) is 9.71 Å². The number of anilines is 1. The number of aromatic nitrogens is 1. The number of rotatable bonds is 3. The van der Waals surface area contributed by atoms with E-state index in [4.69, 9.17) is 5.26 Å². The van der Waals surface area contributed by atoms with E-state index < -0.39 is 10.0 Å². The number of nitrogens with zero attached hydrogens (tertiary/aromatic N) is 2. The molecule has 7 heteroatoms. The van der Waals surface area contributed by atoms with Gasteiger partial charge in [0.1, 0.15) is 11.0 Å². The third kappa shape index (κ3) is 2.92. The molecule has 0 unspecified atom stereocenters. The maximum Gasteiger partial charge on any atom is 0.263 e. The maximum absolute atomic E-state index is 12.2. The molecule has 2 rings (SSSR count). The van der Waals surface area contributed by atoms with Crippen molar-refractivity contribution in [1.82, 2.24) is 4.98 Å². The Kier molecular flexibility index (Phi) is 3.83. The lowest BCUT2D eigenvalue weighted by atomic mass is 10.2. The van der Waals surface area contributed by atoms with Gasteiger partial charge in [0, 0.05) is 12.4 Å². The van der Waals surface area contributed by atoms with Gasteiger partial charge in [-0.05, 0) is 34.1 Å². The Morgan fingerprint density at radius 1 is 1.26 bits per heavy atom. The minimum absolute atomic E-state index is 0.0544. The van der Waals surface area contributed by atoms with E-state index in [1.54, 1.807) is 12.1 Å². The largest absolute Gasteiger partial charge is 0.278 e. The highest BCUT2D eigenvalue weighted by Gasteiger charge is 2.19. The molecule has 1 N–H and O–H groups in total. The summed E-state index contributed by atoms with van der Waals surface area (Å²) in [7, 11) is -3.81. The van der Waals surface area contributed by atoms with Crippen molar-refractivity contribution in [2.45, 2.75) is 4.90 Å². The van der Waals surface area contributed by atoms with E-state index in [-0.39, 0.29) is 10.5 Å². The van der Waals surface area contributed by atoms with Crippen molar-refractivity contribution in [1.29, 1.82) is 5.26 Å². The van der Waals surface area contributed by atoms with Gasteiger partial charge in [0.2, 0.25) is 0 Å². The summed E-state index contributed by atoms with van der Waals surface area (Å²) in [6.07, 6.45) is 2.95. The quantitative estimate of drug-likeness (QED) is 0.932. The zero-order valence-corrected chi connectivity index (χ0v) is 11.9.